The number of nitrogens with one attached hydrogen (secondary N) is 2. The zero-order valence-electron chi connectivity index (χ0n) is 12.2. The number of anilines is 2. The summed E-state index contributed by atoms with van der Waals surface area (Å²) in [6.45, 7) is 0. The van der Waals surface area contributed by atoms with Gasteiger partial charge >= 0.3 is 0 Å². The van der Waals surface area contributed by atoms with E-state index in [-0.39, 0.29) is 17.7 Å². The van der Waals surface area contributed by atoms with Gasteiger partial charge in [-0.3, -0.25) is 9.59 Å². The van der Waals surface area contributed by atoms with Crippen LogP contribution in [0.5, 0.6) is 5.75 Å². The van der Waals surface area contributed by atoms with E-state index in [0.29, 0.717) is 24.3 Å². The van der Waals surface area contributed by atoms with Gasteiger partial charge in [0.15, 0.2) is 0 Å². The third kappa shape index (κ3) is 2.86. The molecule has 2 N–H and O–H groups in total. The SMILES string of the molecule is COc1cc2c(cc1NC(=O)C1CCCC1)NC(=O)CC2. The van der Waals surface area contributed by atoms with E-state index in [9.17, 15) is 9.59 Å². The molecular weight excluding hydrogens is 268 g/mol. The Kier molecular flexibility index (Phi) is 3.82. The number of ether oxygens (including phenoxy) is 1. The molecule has 5 heteroatoms. The molecule has 1 aromatic rings. The van der Waals surface area contributed by atoms with Crippen molar-refractivity contribution in [3.63, 3.8) is 0 Å². The molecule has 0 radical (unpaired) electrons. The Labute approximate surface area is 124 Å². The minimum atomic E-state index is 0.0146. The summed E-state index contributed by atoms with van der Waals surface area (Å²) >= 11 is 0. The summed E-state index contributed by atoms with van der Waals surface area (Å²) in [4.78, 5) is 23.8. The first kappa shape index (κ1) is 13.9. The zero-order chi connectivity index (χ0) is 14.8. The first-order chi connectivity index (χ1) is 10.2. The lowest BCUT2D eigenvalue weighted by Gasteiger charge is -2.21. The predicted molar refractivity (Wildman–Crippen MR) is 80.5 cm³/mol. The average Bonchev–Trinajstić information content (AvgIpc) is 3.00. The van der Waals surface area contributed by atoms with Crippen LogP contribution in [-0.4, -0.2) is 18.9 Å². The van der Waals surface area contributed by atoms with Gasteiger partial charge in [-0.1, -0.05) is 12.8 Å². The van der Waals surface area contributed by atoms with Gasteiger partial charge in [0, 0.05) is 18.0 Å². The fourth-order valence-electron chi connectivity index (χ4n) is 3.10. The van der Waals surface area contributed by atoms with E-state index in [1.165, 1.54) is 0 Å². The van der Waals surface area contributed by atoms with E-state index in [4.69, 9.17) is 4.74 Å². The van der Waals surface area contributed by atoms with Crippen molar-refractivity contribution in [2.75, 3.05) is 17.7 Å². The third-order valence-corrected chi connectivity index (χ3v) is 4.30. The Morgan fingerprint density at radius 2 is 2.05 bits per heavy atom. The summed E-state index contributed by atoms with van der Waals surface area (Å²) in [5, 5.41) is 5.80. The van der Waals surface area contributed by atoms with Crippen molar-refractivity contribution >= 4 is 23.2 Å². The Hall–Kier alpha value is -2.04. The molecule has 0 atom stereocenters. The number of carbonyl (C=O) groups is 2. The number of hydrogen-bond acceptors (Lipinski definition) is 3. The number of rotatable bonds is 3. The van der Waals surface area contributed by atoms with Crippen molar-refractivity contribution in [1.29, 1.82) is 0 Å². The molecule has 0 unspecified atom stereocenters. The van der Waals surface area contributed by atoms with Gasteiger partial charge in [0.1, 0.15) is 5.75 Å². The van der Waals surface area contributed by atoms with Crippen LogP contribution in [0.4, 0.5) is 11.4 Å². The van der Waals surface area contributed by atoms with Crippen LogP contribution in [0.3, 0.4) is 0 Å². The molecule has 2 aliphatic rings. The lowest BCUT2D eigenvalue weighted by molar-refractivity contribution is -0.119. The van der Waals surface area contributed by atoms with Crippen molar-refractivity contribution in [1.82, 2.24) is 0 Å². The lowest BCUT2D eigenvalue weighted by Crippen LogP contribution is -2.22. The molecule has 2 amide bonds. The molecule has 0 spiro atoms. The molecule has 0 bridgehead atoms. The fourth-order valence-corrected chi connectivity index (χ4v) is 3.10. The second-order valence-electron chi connectivity index (χ2n) is 5.73. The molecule has 1 fully saturated rings. The highest BCUT2D eigenvalue weighted by Gasteiger charge is 2.24. The maximum atomic E-state index is 12.3. The van der Waals surface area contributed by atoms with E-state index in [1.54, 1.807) is 13.2 Å². The van der Waals surface area contributed by atoms with Gasteiger partial charge in [0.05, 0.1) is 12.8 Å². The van der Waals surface area contributed by atoms with Crippen LogP contribution in [0.15, 0.2) is 12.1 Å². The number of fused-ring (bicyclic) bond motifs is 1. The predicted octanol–water partition coefficient (Wildman–Crippen LogP) is 2.71. The van der Waals surface area contributed by atoms with Crippen LogP contribution in [0.2, 0.25) is 0 Å². The highest BCUT2D eigenvalue weighted by atomic mass is 16.5. The van der Waals surface area contributed by atoms with Crippen molar-refractivity contribution in [2.24, 2.45) is 5.92 Å². The number of carbonyl (C=O) groups excluding carboxylic acids is 2. The normalized spacial score (nSPS) is 18.0. The molecule has 1 saturated carbocycles. The Morgan fingerprint density at radius 3 is 2.76 bits per heavy atom. The quantitative estimate of drug-likeness (QED) is 0.898. The minimum Gasteiger partial charge on any atom is -0.495 e. The van der Waals surface area contributed by atoms with Crippen LogP contribution >= 0.6 is 0 Å². The van der Waals surface area contributed by atoms with E-state index in [0.717, 1.165) is 36.9 Å². The number of aryl methyl sites for hydroxylation is 1. The maximum Gasteiger partial charge on any atom is 0.227 e. The zero-order valence-corrected chi connectivity index (χ0v) is 12.2. The highest BCUT2D eigenvalue weighted by Crippen LogP contribution is 2.35. The van der Waals surface area contributed by atoms with Crippen molar-refractivity contribution < 1.29 is 14.3 Å². The number of hydrogen-bond donors (Lipinski definition) is 2. The van der Waals surface area contributed by atoms with Crippen LogP contribution in [0, 0.1) is 5.92 Å². The molecule has 5 nitrogen and oxygen atoms in total. The van der Waals surface area contributed by atoms with E-state index >= 15 is 0 Å². The van der Waals surface area contributed by atoms with Gasteiger partial charge in [-0.15, -0.1) is 0 Å². The highest BCUT2D eigenvalue weighted by molar-refractivity contribution is 5.98. The summed E-state index contributed by atoms with van der Waals surface area (Å²) in [6.07, 6.45) is 5.34. The Balaban J connectivity index is 1.84. The number of amides is 2. The van der Waals surface area contributed by atoms with Crippen LogP contribution < -0.4 is 15.4 Å². The summed E-state index contributed by atoms with van der Waals surface area (Å²) < 4.78 is 5.37. The maximum absolute atomic E-state index is 12.3. The minimum absolute atomic E-state index is 0.0146. The topological polar surface area (TPSA) is 67.4 Å². The first-order valence-electron chi connectivity index (χ1n) is 7.49. The molecule has 1 aliphatic heterocycles. The first-order valence-corrected chi connectivity index (χ1v) is 7.49. The summed E-state index contributed by atoms with van der Waals surface area (Å²) in [7, 11) is 1.59. The molecular formula is C16H20N2O3. The van der Waals surface area contributed by atoms with Crippen molar-refractivity contribution in [3.8, 4) is 5.75 Å². The Bertz CT molecular complexity index is 577. The lowest BCUT2D eigenvalue weighted by atomic mass is 10.0. The largest absolute Gasteiger partial charge is 0.495 e. The van der Waals surface area contributed by atoms with E-state index in [1.807, 2.05) is 6.07 Å². The fraction of sp³-hybridized carbons (Fsp3) is 0.500. The van der Waals surface area contributed by atoms with E-state index in [2.05, 4.69) is 10.6 Å². The van der Waals surface area contributed by atoms with Crippen molar-refractivity contribution in [3.05, 3.63) is 17.7 Å². The van der Waals surface area contributed by atoms with Crippen LogP contribution in [0.25, 0.3) is 0 Å². The second-order valence-corrected chi connectivity index (χ2v) is 5.73. The van der Waals surface area contributed by atoms with E-state index < -0.39 is 0 Å². The molecule has 3 rings (SSSR count). The van der Waals surface area contributed by atoms with Gasteiger partial charge in [0.2, 0.25) is 11.8 Å². The van der Waals surface area contributed by atoms with Gasteiger partial charge < -0.3 is 15.4 Å². The van der Waals surface area contributed by atoms with Gasteiger partial charge in [-0.2, -0.15) is 0 Å². The summed E-state index contributed by atoms with van der Waals surface area (Å²) in [5.41, 5.74) is 2.45. The van der Waals surface area contributed by atoms with Gasteiger partial charge in [0.25, 0.3) is 0 Å². The van der Waals surface area contributed by atoms with Crippen LogP contribution in [0.1, 0.15) is 37.7 Å². The van der Waals surface area contributed by atoms with Gasteiger partial charge in [-0.25, -0.2) is 0 Å². The molecule has 112 valence electrons. The summed E-state index contributed by atoms with van der Waals surface area (Å²) in [5.74, 6) is 0.810. The molecule has 1 aliphatic carbocycles. The van der Waals surface area contributed by atoms with Crippen LogP contribution in [-0.2, 0) is 16.0 Å². The monoisotopic (exact) mass is 288 g/mol. The second kappa shape index (κ2) is 5.76. The Morgan fingerprint density at radius 1 is 1.29 bits per heavy atom. The molecule has 21 heavy (non-hydrogen) atoms. The number of methoxy groups -OCH3 is 1. The molecule has 0 aromatic heterocycles. The summed E-state index contributed by atoms with van der Waals surface area (Å²) in [6, 6.07) is 3.71. The smallest absolute Gasteiger partial charge is 0.227 e. The molecule has 1 aromatic carbocycles. The third-order valence-electron chi connectivity index (χ3n) is 4.30. The average molecular weight is 288 g/mol. The van der Waals surface area contributed by atoms with Crippen molar-refractivity contribution in [2.45, 2.75) is 38.5 Å². The molecule has 0 saturated heterocycles. The number of benzene rings is 1. The molecule has 1 heterocycles. The van der Waals surface area contributed by atoms with Gasteiger partial charge in [-0.05, 0) is 37.0 Å². The standard InChI is InChI=1S/C16H20N2O3/c1-21-14-8-11-6-7-15(19)17-12(11)9-13(14)18-16(20)10-4-2-3-5-10/h8-10H,2-7H2,1H3,(H,17,19)(H,18,20).